The van der Waals surface area contributed by atoms with E-state index in [-0.39, 0.29) is 16.6 Å². The summed E-state index contributed by atoms with van der Waals surface area (Å²) in [4.78, 5) is 12.3. The van der Waals surface area contributed by atoms with Gasteiger partial charge in [0.25, 0.3) is 5.91 Å². The second kappa shape index (κ2) is 5.77. The highest BCUT2D eigenvalue weighted by Gasteiger charge is 2.26. The van der Waals surface area contributed by atoms with E-state index < -0.39 is 10.0 Å². The van der Waals surface area contributed by atoms with Gasteiger partial charge in [0.05, 0.1) is 4.90 Å². The van der Waals surface area contributed by atoms with Crippen molar-refractivity contribution in [2.24, 2.45) is 0 Å². The predicted octanol–water partition coefficient (Wildman–Crippen LogP) is 2.10. The van der Waals surface area contributed by atoms with Crippen LogP contribution in [0, 0.1) is 6.92 Å². The summed E-state index contributed by atoms with van der Waals surface area (Å²) in [6.45, 7) is 1.76. The quantitative estimate of drug-likeness (QED) is 0.743. The number of phenolic OH excluding ortho intramolecular Hbond substituents is 1. The standard InChI is InChI=1S/C17H16N2O4S/c1-10-7-11(3-6-16(10)20)8-14-13-9-12(24(22,23)18-2)4-5-15(13)19-17(14)21/h3-9,18,20H,1-2H3,(H,19,21). The lowest BCUT2D eigenvalue weighted by Crippen LogP contribution is -2.18. The Morgan fingerprint density at radius 3 is 2.58 bits per heavy atom. The number of aryl methyl sites for hydroxylation is 1. The van der Waals surface area contributed by atoms with Crippen molar-refractivity contribution < 1.29 is 18.3 Å². The minimum Gasteiger partial charge on any atom is -0.508 e. The summed E-state index contributed by atoms with van der Waals surface area (Å²) in [7, 11) is -2.26. The van der Waals surface area contributed by atoms with Crippen molar-refractivity contribution in [3.63, 3.8) is 0 Å². The fourth-order valence-corrected chi connectivity index (χ4v) is 3.29. The molecule has 0 atom stereocenters. The van der Waals surface area contributed by atoms with Crippen LogP contribution in [-0.2, 0) is 14.8 Å². The number of hydrogen-bond acceptors (Lipinski definition) is 4. The zero-order valence-electron chi connectivity index (χ0n) is 13.1. The van der Waals surface area contributed by atoms with Crippen LogP contribution in [0.15, 0.2) is 41.3 Å². The predicted molar refractivity (Wildman–Crippen MR) is 92.0 cm³/mol. The molecular formula is C17H16N2O4S. The topological polar surface area (TPSA) is 95.5 Å². The lowest BCUT2D eigenvalue weighted by Gasteiger charge is -2.05. The van der Waals surface area contributed by atoms with Gasteiger partial charge in [-0.25, -0.2) is 13.1 Å². The van der Waals surface area contributed by atoms with Crippen molar-refractivity contribution in [1.29, 1.82) is 0 Å². The van der Waals surface area contributed by atoms with Crippen LogP contribution in [0.25, 0.3) is 11.6 Å². The molecule has 6 nitrogen and oxygen atoms in total. The zero-order valence-corrected chi connectivity index (χ0v) is 13.9. The summed E-state index contributed by atoms with van der Waals surface area (Å²) in [6.07, 6.45) is 1.67. The van der Waals surface area contributed by atoms with Crippen LogP contribution in [0.3, 0.4) is 0 Å². The first kappa shape index (κ1) is 16.2. The van der Waals surface area contributed by atoms with Crippen LogP contribution in [0.1, 0.15) is 16.7 Å². The van der Waals surface area contributed by atoms with E-state index in [1.807, 2.05) is 0 Å². The van der Waals surface area contributed by atoms with Gasteiger partial charge in [0.1, 0.15) is 5.75 Å². The molecule has 1 aliphatic heterocycles. The molecule has 1 aliphatic rings. The summed E-state index contributed by atoms with van der Waals surface area (Å²) >= 11 is 0. The number of rotatable bonds is 3. The van der Waals surface area contributed by atoms with Crippen molar-refractivity contribution in [3.8, 4) is 5.75 Å². The van der Waals surface area contributed by atoms with Gasteiger partial charge < -0.3 is 10.4 Å². The molecule has 3 N–H and O–H groups in total. The van der Waals surface area contributed by atoms with Crippen LogP contribution in [0.5, 0.6) is 5.75 Å². The number of hydrogen-bond donors (Lipinski definition) is 3. The van der Waals surface area contributed by atoms with Crippen LogP contribution < -0.4 is 10.0 Å². The van der Waals surface area contributed by atoms with Gasteiger partial charge in [0, 0.05) is 16.8 Å². The van der Waals surface area contributed by atoms with Crippen LogP contribution >= 0.6 is 0 Å². The van der Waals surface area contributed by atoms with Gasteiger partial charge in [-0.3, -0.25) is 4.79 Å². The van der Waals surface area contributed by atoms with E-state index in [4.69, 9.17) is 0 Å². The molecule has 0 bridgehead atoms. The second-order valence-electron chi connectivity index (χ2n) is 5.47. The molecule has 0 aliphatic carbocycles. The van der Waals surface area contributed by atoms with Crippen LogP contribution in [-0.4, -0.2) is 26.5 Å². The van der Waals surface area contributed by atoms with E-state index in [1.165, 1.54) is 19.2 Å². The summed E-state index contributed by atoms with van der Waals surface area (Å²) in [5, 5.41) is 12.3. The highest BCUT2D eigenvalue weighted by Crippen LogP contribution is 2.35. The molecule has 2 aromatic rings. The molecule has 124 valence electrons. The number of anilines is 1. The molecule has 2 aromatic carbocycles. The number of carbonyl (C=O) groups is 1. The maximum atomic E-state index is 12.2. The summed E-state index contributed by atoms with van der Waals surface area (Å²) in [5.41, 5.74) is 2.90. The molecule has 0 saturated carbocycles. The minimum atomic E-state index is -3.60. The maximum absolute atomic E-state index is 12.2. The summed E-state index contributed by atoms with van der Waals surface area (Å²) in [6, 6.07) is 9.48. The molecule has 0 radical (unpaired) electrons. The smallest absolute Gasteiger partial charge is 0.256 e. The number of fused-ring (bicyclic) bond motifs is 1. The Morgan fingerprint density at radius 1 is 1.17 bits per heavy atom. The van der Waals surface area contributed by atoms with E-state index in [0.29, 0.717) is 22.4 Å². The molecule has 7 heteroatoms. The molecule has 24 heavy (non-hydrogen) atoms. The van der Waals surface area contributed by atoms with Crippen molar-refractivity contribution in [3.05, 3.63) is 53.1 Å². The minimum absolute atomic E-state index is 0.0908. The number of aromatic hydroxyl groups is 1. The number of benzene rings is 2. The third kappa shape index (κ3) is 2.79. The number of nitrogens with one attached hydrogen (secondary N) is 2. The molecular weight excluding hydrogens is 328 g/mol. The maximum Gasteiger partial charge on any atom is 0.256 e. The van der Waals surface area contributed by atoms with E-state index >= 15 is 0 Å². The number of phenols is 1. The van der Waals surface area contributed by atoms with Crippen LogP contribution in [0.4, 0.5) is 5.69 Å². The fourth-order valence-electron chi connectivity index (χ4n) is 2.53. The van der Waals surface area contributed by atoms with Gasteiger partial charge >= 0.3 is 0 Å². The Bertz CT molecular complexity index is 978. The summed E-state index contributed by atoms with van der Waals surface area (Å²) < 4.78 is 26.2. The molecule has 1 heterocycles. The van der Waals surface area contributed by atoms with Gasteiger partial charge in [-0.2, -0.15) is 0 Å². The largest absolute Gasteiger partial charge is 0.508 e. The van der Waals surface area contributed by atoms with Gasteiger partial charge in [-0.1, -0.05) is 6.07 Å². The van der Waals surface area contributed by atoms with Crippen LogP contribution in [0.2, 0.25) is 0 Å². The van der Waals surface area contributed by atoms with Gasteiger partial charge in [0.15, 0.2) is 0 Å². The molecule has 1 amide bonds. The third-order valence-corrected chi connectivity index (χ3v) is 5.30. The van der Waals surface area contributed by atoms with E-state index in [1.54, 1.807) is 37.3 Å². The SMILES string of the molecule is CNS(=O)(=O)c1ccc2c(c1)C(=Cc1ccc(O)c(C)c1)C(=O)N2. The molecule has 0 fully saturated rings. The Labute approximate surface area is 139 Å². The van der Waals surface area contributed by atoms with Crippen molar-refractivity contribution in [2.45, 2.75) is 11.8 Å². The highest BCUT2D eigenvalue weighted by atomic mass is 32.2. The Hall–Kier alpha value is -2.64. The Morgan fingerprint density at radius 2 is 1.92 bits per heavy atom. The van der Waals surface area contributed by atoms with Crippen molar-refractivity contribution >= 4 is 33.3 Å². The molecule has 0 saturated heterocycles. The number of amides is 1. The van der Waals surface area contributed by atoms with E-state index in [9.17, 15) is 18.3 Å². The Kier molecular flexibility index (Phi) is 3.90. The molecule has 0 aromatic heterocycles. The summed E-state index contributed by atoms with van der Waals surface area (Å²) in [5.74, 6) is -0.120. The third-order valence-electron chi connectivity index (χ3n) is 3.88. The monoisotopic (exact) mass is 344 g/mol. The van der Waals surface area contributed by atoms with Gasteiger partial charge in [-0.15, -0.1) is 0 Å². The normalized spacial score (nSPS) is 15.4. The molecule has 0 spiro atoms. The average molecular weight is 344 g/mol. The van der Waals surface area contributed by atoms with Crippen molar-refractivity contribution in [2.75, 3.05) is 12.4 Å². The lowest BCUT2D eigenvalue weighted by molar-refractivity contribution is -0.110. The molecule has 0 unspecified atom stereocenters. The highest BCUT2D eigenvalue weighted by molar-refractivity contribution is 7.89. The first-order valence-electron chi connectivity index (χ1n) is 7.22. The first-order chi connectivity index (χ1) is 11.3. The lowest BCUT2D eigenvalue weighted by atomic mass is 10.0. The number of sulfonamides is 1. The van der Waals surface area contributed by atoms with Gasteiger partial charge in [0.2, 0.25) is 10.0 Å². The first-order valence-corrected chi connectivity index (χ1v) is 8.71. The fraction of sp³-hybridized carbons (Fsp3) is 0.118. The van der Waals surface area contributed by atoms with Gasteiger partial charge in [-0.05, 0) is 61.5 Å². The van der Waals surface area contributed by atoms with E-state index in [2.05, 4.69) is 10.0 Å². The number of carbonyl (C=O) groups excluding carboxylic acids is 1. The van der Waals surface area contributed by atoms with E-state index in [0.717, 1.165) is 5.56 Å². The van der Waals surface area contributed by atoms with Crippen molar-refractivity contribution in [1.82, 2.24) is 4.72 Å². The zero-order chi connectivity index (χ0) is 17.5. The second-order valence-corrected chi connectivity index (χ2v) is 7.36. The average Bonchev–Trinajstić information content (AvgIpc) is 2.86. The Balaban J connectivity index is 2.12. The molecule has 3 rings (SSSR count).